The van der Waals surface area contributed by atoms with Gasteiger partial charge in [-0.15, -0.1) is 0 Å². The van der Waals surface area contributed by atoms with Gasteiger partial charge in [-0.05, 0) is 12.8 Å². The fourth-order valence-electron chi connectivity index (χ4n) is 1.47. The topological polar surface area (TPSA) is 173 Å². The van der Waals surface area contributed by atoms with Gasteiger partial charge in [0.2, 0.25) is 0 Å². The molecular weight excluding hydrogens is 439 g/mol. The molecule has 0 bridgehead atoms. The Balaban J connectivity index is 0. The van der Waals surface area contributed by atoms with Crippen LogP contribution < -0.4 is 21.7 Å². The summed E-state index contributed by atoms with van der Waals surface area (Å²) in [6.45, 7) is 0. The molecule has 8 nitrogen and oxygen atoms in total. The number of carbonyl (C=O) groups is 2. The molecule has 1 fully saturated rings. The van der Waals surface area contributed by atoms with E-state index in [0.717, 1.165) is 12.8 Å². The molecule has 0 heterocycles. The first-order valence-corrected chi connectivity index (χ1v) is 5.53. The number of carbonyl (C=O) groups excluding carboxylic acids is 2. The number of aliphatic hydroxyl groups is 2. The number of carboxylic acid groups (broad SMARTS) is 2. The second-order valence-corrected chi connectivity index (χ2v) is 4.32. The summed E-state index contributed by atoms with van der Waals surface area (Å²) in [6.07, 6.45) is 0.880. The molecule has 2 atom stereocenters. The van der Waals surface area contributed by atoms with Crippen molar-refractivity contribution in [3.63, 3.8) is 0 Å². The Kier molecular flexibility index (Phi) is 10.3. The van der Waals surface area contributed by atoms with E-state index in [0.29, 0.717) is 0 Å². The molecule has 2 unspecified atom stereocenters. The molecule has 1 saturated carbocycles. The third-order valence-corrected chi connectivity index (χ3v) is 2.57. The van der Waals surface area contributed by atoms with Crippen LogP contribution in [0.5, 0.6) is 0 Å². The van der Waals surface area contributed by atoms with E-state index < -0.39 is 24.1 Å². The van der Waals surface area contributed by atoms with Gasteiger partial charge in [-0.25, -0.2) is 0 Å². The first-order valence-electron chi connectivity index (χ1n) is 5.53. The second-order valence-electron chi connectivity index (χ2n) is 4.32. The van der Waals surface area contributed by atoms with Gasteiger partial charge in [0, 0.05) is 0 Å². The average Bonchev–Trinajstić information content (AvgIpc) is 2.27. The van der Waals surface area contributed by atoms with E-state index in [1.54, 1.807) is 0 Å². The summed E-state index contributed by atoms with van der Waals surface area (Å²) in [6, 6.07) is 0. The molecule has 6 N–H and O–H groups in total. The third-order valence-electron chi connectivity index (χ3n) is 2.57. The number of aliphatic hydroxyl groups excluding tert-OH is 2. The Labute approximate surface area is 125 Å². The molecule has 0 amide bonds. The molecule has 1 rings (SSSR count). The van der Waals surface area contributed by atoms with Crippen LogP contribution in [0.1, 0.15) is 32.1 Å². The summed E-state index contributed by atoms with van der Waals surface area (Å²) in [5.74, 6) is -4.12. The number of rotatable bonds is 3. The van der Waals surface area contributed by atoms with Crippen LogP contribution in [0.3, 0.4) is 0 Å². The Hall–Kier alpha value is -0.532. The molecule has 0 aliphatic heterocycles. The number of hydrogen-bond acceptors (Lipinski definition) is 8. The van der Waals surface area contributed by atoms with Crippen molar-refractivity contribution in [3.8, 4) is 0 Å². The van der Waals surface area contributed by atoms with Crippen LogP contribution in [-0.2, 0) is 30.7 Å². The molecule has 19 heavy (non-hydrogen) atoms. The summed E-state index contributed by atoms with van der Waals surface area (Å²) >= 11 is 0. The summed E-state index contributed by atoms with van der Waals surface area (Å²) in [4.78, 5) is 19.3. The molecule has 0 aromatic rings. The van der Waals surface area contributed by atoms with Gasteiger partial charge in [-0.2, -0.15) is 0 Å². The zero-order chi connectivity index (χ0) is 14.3. The summed E-state index contributed by atoms with van der Waals surface area (Å²) < 4.78 is 0. The first kappa shape index (κ1) is 20.8. The minimum atomic E-state index is -2.44. The summed E-state index contributed by atoms with van der Waals surface area (Å²) in [5.41, 5.74) is 11.0. The maximum absolute atomic E-state index is 9.63. The molecule has 0 radical (unpaired) electrons. The van der Waals surface area contributed by atoms with Gasteiger partial charge in [-0.3, -0.25) is 0 Å². The first-order chi connectivity index (χ1) is 8.17. The maximum Gasteiger partial charge on any atom is 2.00 e. The molecule has 0 aromatic carbocycles. The third kappa shape index (κ3) is 9.07. The van der Waals surface area contributed by atoms with Gasteiger partial charge in [0.1, 0.15) is 12.2 Å². The molecule has 0 saturated heterocycles. The largest absolute Gasteiger partial charge is 2.00 e. The predicted molar refractivity (Wildman–Crippen MR) is 56.2 cm³/mol. The fraction of sp³-hybridized carbons (Fsp3) is 0.800. The number of aliphatic carboxylic acids is 2. The van der Waals surface area contributed by atoms with E-state index in [9.17, 15) is 19.8 Å². The fourth-order valence-corrected chi connectivity index (χ4v) is 1.47. The Morgan fingerprint density at radius 3 is 1.42 bits per heavy atom. The van der Waals surface area contributed by atoms with Gasteiger partial charge in [0.15, 0.2) is 0 Å². The minimum Gasteiger partial charge on any atom is -0.547 e. The van der Waals surface area contributed by atoms with Gasteiger partial charge >= 0.3 is 21.1 Å². The maximum atomic E-state index is 9.63. The number of nitrogens with two attached hydrogens (primary N) is 2. The van der Waals surface area contributed by atoms with Crippen LogP contribution in [0, 0.1) is 0 Å². The molecule has 0 spiro atoms. The SMILES string of the molecule is NC1(N)CCCCC1.O=C([O-])C(O)C(O)C(=O)[O-].[Pt+2]. The quantitative estimate of drug-likeness (QED) is 0.309. The van der Waals surface area contributed by atoms with Crippen molar-refractivity contribution in [1.29, 1.82) is 0 Å². The Morgan fingerprint density at radius 1 is 0.947 bits per heavy atom. The van der Waals surface area contributed by atoms with Crippen LogP contribution in [0.4, 0.5) is 0 Å². The van der Waals surface area contributed by atoms with E-state index in [-0.39, 0.29) is 26.7 Å². The second kappa shape index (κ2) is 9.38. The smallest absolute Gasteiger partial charge is 0.547 e. The van der Waals surface area contributed by atoms with Gasteiger partial charge in [0.25, 0.3) is 0 Å². The molecular formula is C10H18N2O6Pt. The van der Waals surface area contributed by atoms with E-state index in [1.165, 1.54) is 19.3 Å². The summed E-state index contributed by atoms with van der Waals surface area (Å²) in [7, 11) is 0. The van der Waals surface area contributed by atoms with Crippen molar-refractivity contribution >= 4 is 11.9 Å². The Morgan fingerprint density at radius 2 is 1.26 bits per heavy atom. The molecule has 114 valence electrons. The average molecular weight is 457 g/mol. The van der Waals surface area contributed by atoms with E-state index in [1.807, 2.05) is 0 Å². The van der Waals surface area contributed by atoms with Crippen molar-refractivity contribution in [3.05, 3.63) is 0 Å². The van der Waals surface area contributed by atoms with Crippen molar-refractivity contribution in [2.45, 2.75) is 50.0 Å². The van der Waals surface area contributed by atoms with Crippen molar-refractivity contribution in [2.24, 2.45) is 11.5 Å². The Bertz CT molecular complexity index is 274. The zero-order valence-electron chi connectivity index (χ0n) is 10.2. The molecule has 0 aromatic heterocycles. The van der Waals surface area contributed by atoms with Gasteiger partial charge in [0.05, 0.1) is 17.6 Å². The number of hydrogen-bond donors (Lipinski definition) is 4. The van der Waals surface area contributed by atoms with Crippen LogP contribution in [0.15, 0.2) is 0 Å². The molecule has 1 aliphatic carbocycles. The predicted octanol–water partition coefficient (Wildman–Crippen LogP) is -4.23. The van der Waals surface area contributed by atoms with Crippen LogP contribution in [-0.4, -0.2) is 40.0 Å². The molecule has 1 aliphatic rings. The standard InChI is InChI=1S/C6H14N2.C4H6O6.Pt/c7-6(8)4-2-1-3-5-6;5-1(3(7)8)2(6)4(9)10;/h1-5,7-8H2;1-2,5-6H,(H,7,8)(H,9,10);/q;;+2/p-2. The van der Waals surface area contributed by atoms with Crippen molar-refractivity contribution < 1.29 is 51.1 Å². The van der Waals surface area contributed by atoms with Crippen molar-refractivity contribution in [1.82, 2.24) is 0 Å². The van der Waals surface area contributed by atoms with Gasteiger partial charge in [-0.1, -0.05) is 19.3 Å². The van der Waals surface area contributed by atoms with E-state index in [4.69, 9.17) is 21.7 Å². The minimum absolute atomic E-state index is 0. The van der Waals surface area contributed by atoms with Crippen LogP contribution in [0.25, 0.3) is 0 Å². The van der Waals surface area contributed by atoms with E-state index in [2.05, 4.69) is 0 Å². The summed E-state index contributed by atoms with van der Waals surface area (Å²) in [5, 5.41) is 35.7. The normalized spacial score (nSPS) is 20.0. The van der Waals surface area contributed by atoms with Crippen LogP contribution in [0.2, 0.25) is 0 Å². The van der Waals surface area contributed by atoms with E-state index >= 15 is 0 Å². The zero-order valence-corrected chi connectivity index (χ0v) is 12.5. The van der Waals surface area contributed by atoms with Gasteiger partial charge < -0.3 is 41.5 Å². The monoisotopic (exact) mass is 457 g/mol. The van der Waals surface area contributed by atoms with Crippen molar-refractivity contribution in [2.75, 3.05) is 0 Å². The van der Waals surface area contributed by atoms with Crippen LogP contribution >= 0.6 is 0 Å². The number of carboxylic acids is 2. The molecule has 9 heteroatoms.